The first kappa shape index (κ1) is 15.6. The quantitative estimate of drug-likeness (QED) is 0.875. The second-order valence-electron chi connectivity index (χ2n) is 5.81. The zero-order chi connectivity index (χ0) is 14.4. The summed E-state index contributed by atoms with van der Waals surface area (Å²) in [4.78, 5) is 2.56. The molecule has 1 unspecified atom stereocenters. The Balaban J connectivity index is 2.03. The van der Waals surface area contributed by atoms with Crippen LogP contribution in [0.5, 0.6) is 0 Å². The highest BCUT2D eigenvalue weighted by Crippen LogP contribution is 2.27. The third kappa shape index (κ3) is 4.11. The highest BCUT2D eigenvalue weighted by Gasteiger charge is 2.31. The number of nitrogens with zero attached hydrogens (tertiary/aromatic N) is 1. The van der Waals surface area contributed by atoms with Crippen molar-refractivity contribution in [1.29, 1.82) is 0 Å². The average Bonchev–Trinajstić information content (AvgIpc) is 2.66. The number of anilines is 1. The third-order valence-electron chi connectivity index (χ3n) is 4.22. The zero-order valence-electron chi connectivity index (χ0n) is 12.4. The molecule has 3 nitrogen and oxygen atoms in total. The van der Waals surface area contributed by atoms with E-state index in [1.54, 1.807) is 0 Å². The van der Waals surface area contributed by atoms with Crippen LogP contribution >= 0.6 is 11.6 Å². The maximum atomic E-state index is 6.10. The van der Waals surface area contributed by atoms with Crippen LogP contribution in [0.1, 0.15) is 32.6 Å². The molecule has 1 aromatic rings. The summed E-state index contributed by atoms with van der Waals surface area (Å²) in [6.45, 7) is 6.44. The van der Waals surface area contributed by atoms with Gasteiger partial charge in [0.25, 0.3) is 0 Å². The van der Waals surface area contributed by atoms with Crippen LogP contribution in [0.3, 0.4) is 0 Å². The first-order valence-corrected chi connectivity index (χ1v) is 8.01. The number of nitrogens with one attached hydrogen (secondary N) is 1. The molecule has 0 aromatic heterocycles. The minimum atomic E-state index is 0.0241. The number of nitrogens with two attached hydrogens (primary N) is 1. The van der Waals surface area contributed by atoms with E-state index in [2.05, 4.69) is 17.1 Å². The molecule has 4 heteroatoms. The zero-order valence-corrected chi connectivity index (χ0v) is 13.1. The van der Waals surface area contributed by atoms with E-state index in [9.17, 15) is 0 Å². The van der Waals surface area contributed by atoms with Crippen LogP contribution in [0.2, 0.25) is 5.02 Å². The van der Waals surface area contributed by atoms with Gasteiger partial charge in [-0.3, -0.25) is 0 Å². The molecule has 20 heavy (non-hydrogen) atoms. The van der Waals surface area contributed by atoms with Crippen molar-refractivity contribution in [2.24, 2.45) is 5.73 Å². The Morgan fingerprint density at radius 2 is 2.00 bits per heavy atom. The predicted molar refractivity (Wildman–Crippen MR) is 87.4 cm³/mol. The average molecular weight is 296 g/mol. The van der Waals surface area contributed by atoms with E-state index in [0.717, 1.165) is 30.1 Å². The molecule has 1 aromatic carbocycles. The molecule has 1 saturated heterocycles. The van der Waals surface area contributed by atoms with Crippen LogP contribution in [0.4, 0.5) is 5.69 Å². The maximum absolute atomic E-state index is 6.10. The van der Waals surface area contributed by atoms with Gasteiger partial charge in [-0.2, -0.15) is 0 Å². The minimum Gasteiger partial charge on any atom is -0.378 e. The van der Waals surface area contributed by atoms with Crippen LogP contribution in [-0.4, -0.2) is 36.6 Å². The third-order valence-corrected chi connectivity index (χ3v) is 4.47. The van der Waals surface area contributed by atoms with Crippen molar-refractivity contribution >= 4 is 17.3 Å². The lowest BCUT2D eigenvalue weighted by Crippen LogP contribution is -2.46. The molecule has 1 fully saturated rings. The summed E-state index contributed by atoms with van der Waals surface area (Å²) < 4.78 is 0. The molecule has 2 rings (SSSR count). The molecule has 0 spiro atoms. The fourth-order valence-electron chi connectivity index (χ4n) is 3.01. The summed E-state index contributed by atoms with van der Waals surface area (Å²) in [5.74, 6) is 0. The Morgan fingerprint density at radius 3 is 2.65 bits per heavy atom. The Morgan fingerprint density at radius 1 is 1.25 bits per heavy atom. The van der Waals surface area contributed by atoms with Crippen molar-refractivity contribution in [2.75, 3.05) is 31.5 Å². The van der Waals surface area contributed by atoms with E-state index < -0.39 is 0 Å². The number of benzene rings is 1. The van der Waals surface area contributed by atoms with Crippen molar-refractivity contribution in [2.45, 2.75) is 38.1 Å². The Hall–Kier alpha value is -0.770. The standard InChI is InChI=1S/C16H26ClN3/c1-2-10-20-11-3-8-16(13-18,9-12-20)19-15-6-4-14(17)5-7-15/h4-7,19H,2-3,8-13,18H2,1H3. The van der Waals surface area contributed by atoms with E-state index in [4.69, 9.17) is 17.3 Å². The number of likely N-dealkylation sites (tertiary alicyclic amines) is 1. The molecule has 1 aliphatic heterocycles. The Kier molecular flexibility index (Phi) is 5.70. The van der Waals surface area contributed by atoms with Gasteiger partial charge in [0.2, 0.25) is 0 Å². The summed E-state index contributed by atoms with van der Waals surface area (Å²) in [7, 11) is 0. The van der Waals surface area contributed by atoms with Crippen LogP contribution < -0.4 is 11.1 Å². The van der Waals surface area contributed by atoms with Crippen molar-refractivity contribution in [1.82, 2.24) is 4.90 Å². The number of hydrogen-bond acceptors (Lipinski definition) is 3. The SMILES string of the molecule is CCCN1CCCC(CN)(Nc2ccc(Cl)cc2)CC1. The van der Waals surface area contributed by atoms with E-state index >= 15 is 0 Å². The lowest BCUT2D eigenvalue weighted by molar-refractivity contribution is 0.279. The highest BCUT2D eigenvalue weighted by atomic mass is 35.5. The molecule has 0 bridgehead atoms. The summed E-state index contributed by atoms with van der Waals surface area (Å²) in [5, 5.41) is 4.43. The van der Waals surface area contributed by atoms with Gasteiger partial charge < -0.3 is 16.0 Å². The molecule has 1 atom stereocenters. The van der Waals surface area contributed by atoms with Gasteiger partial charge >= 0.3 is 0 Å². The fourth-order valence-corrected chi connectivity index (χ4v) is 3.14. The number of halogens is 1. The van der Waals surface area contributed by atoms with Crippen LogP contribution in [-0.2, 0) is 0 Å². The highest BCUT2D eigenvalue weighted by molar-refractivity contribution is 6.30. The van der Waals surface area contributed by atoms with E-state index in [0.29, 0.717) is 6.54 Å². The van der Waals surface area contributed by atoms with Crippen LogP contribution in [0.15, 0.2) is 24.3 Å². The second-order valence-corrected chi connectivity index (χ2v) is 6.25. The molecule has 1 aliphatic rings. The van der Waals surface area contributed by atoms with E-state index in [1.165, 1.54) is 25.9 Å². The summed E-state index contributed by atoms with van der Waals surface area (Å²) in [6.07, 6.45) is 4.66. The van der Waals surface area contributed by atoms with Gasteiger partial charge in [0.15, 0.2) is 0 Å². The van der Waals surface area contributed by atoms with Crippen molar-refractivity contribution in [3.8, 4) is 0 Å². The fraction of sp³-hybridized carbons (Fsp3) is 0.625. The monoisotopic (exact) mass is 295 g/mol. The van der Waals surface area contributed by atoms with Gasteiger partial charge in [-0.1, -0.05) is 18.5 Å². The molecule has 1 heterocycles. The Labute approximate surface area is 127 Å². The first-order chi connectivity index (χ1) is 9.67. The van der Waals surface area contributed by atoms with Gasteiger partial charge in [-0.25, -0.2) is 0 Å². The molecule has 112 valence electrons. The summed E-state index contributed by atoms with van der Waals surface area (Å²) >= 11 is 5.94. The molecule has 0 saturated carbocycles. The largest absolute Gasteiger partial charge is 0.378 e. The van der Waals surface area contributed by atoms with Crippen molar-refractivity contribution in [3.63, 3.8) is 0 Å². The smallest absolute Gasteiger partial charge is 0.0508 e. The maximum Gasteiger partial charge on any atom is 0.0508 e. The summed E-state index contributed by atoms with van der Waals surface area (Å²) in [5.41, 5.74) is 7.24. The minimum absolute atomic E-state index is 0.0241. The van der Waals surface area contributed by atoms with Gasteiger partial charge in [0.05, 0.1) is 5.54 Å². The molecular formula is C16H26ClN3. The topological polar surface area (TPSA) is 41.3 Å². The predicted octanol–water partition coefficient (Wildman–Crippen LogP) is 3.35. The van der Waals surface area contributed by atoms with Crippen LogP contribution in [0.25, 0.3) is 0 Å². The van der Waals surface area contributed by atoms with Gasteiger partial charge in [0, 0.05) is 23.8 Å². The van der Waals surface area contributed by atoms with E-state index in [-0.39, 0.29) is 5.54 Å². The van der Waals surface area contributed by atoms with Crippen LogP contribution in [0, 0.1) is 0 Å². The molecule has 3 N–H and O–H groups in total. The Bertz CT molecular complexity index is 407. The molecule has 0 amide bonds. The van der Waals surface area contributed by atoms with Gasteiger partial charge in [-0.05, 0) is 63.0 Å². The lowest BCUT2D eigenvalue weighted by Gasteiger charge is -2.34. The van der Waals surface area contributed by atoms with E-state index in [1.807, 2.05) is 24.3 Å². The summed E-state index contributed by atoms with van der Waals surface area (Å²) in [6, 6.07) is 7.92. The normalized spacial score (nSPS) is 24.4. The van der Waals surface area contributed by atoms with Gasteiger partial charge in [-0.15, -0.1) is 0 Å². The number of rotatable bonds is 5. The first-order valence-electron chi connectivity index (χ1n) is 7.64. The number of hydrogen-bond donors (Lipinski definition) is 2. The van der Waals surface area contributed by atoms with Crippen molar-refractivity contribution < 1.29 is 0 Å². The second kappa shape index (κ2) is 7.30. The van der Waals surface area contributed by atoms with Crippen molar-refractivity contribution in [3.05, 3.63) is 29.3 Å². The lowest BCUT2D eigenvalue weighted by atomic mass is 9.90. The molecule has 0 radical (unpaired) electrons. The molecule has 0 aliphatic carbocycles. The molecular weight excluding hydrogens is 270 g/mol. The van der Waals surface area contributed by atoms with Gasteiger partial charge in [0.1, 0.15) is 0 Å².